The van der Waals surface area contributed by atoms with E-state index >= 15 is 0 Å². The number of carbonyl (C=O) groups is 1. The van der Waals surface area contributed by atoms with Crippen molar-refractivity contribution in [1.82, 2.24) is 14.5 Å². The third-order valence-electron chi connectivity index (χ3n) is 5.29. The zero-order valence-electron chi connectivity index (χ0n) is 18.2. The van der Waals surface area contributed by atoms with Gasteiger partial charge in [-0.2, -0.15) is 0 Å². The van der Waals surface area contributed by atoms with Crippen molar-refractivity contribution in [3.63, 3.8) is 0 Å². The maximum absolute atomic E-state index is 13.7. The predicted octanol–water partition coefficient (Wildman–Crippen LogP) is 7.05. The Labute approximate surface area is 201 Å². The van der Waals surface area contributed by atoms with E-state index in [1.807, 2.05) is 76.5 Å². The summed E-state index contributed by atoms with van der Waals surface area (Å²) in [5, 5.41) is 0.955. The molecule has 6 heteroatoms. The summed E-state index contributed by atoms with van der Waals surface area (Å²) in [6, 6.07) is 21.9. The monoisotopic (exact) mass is 507 g/mol. The van der Waals surface area contributed by atoms with E-state index in [2.05, 4.69) is 41.9 Å². The van der Waals surface area contributed by atoms with E-state index in [0.29, 0.717) is 24.6 Å². The molecule has 164 valence electrons. The van der Waals surface area contributed by atoms with Crippen LogP contribution in [0.4, 0.5) is 0 Å². The van der Waals surface area contributed by atoms with Crippen molar-refractivity contribution >= 4 is 33.2 Å². The highest BCUT2D eigenvalue weighted by atomic mass is 79.9. The van der Waals surface area contributed by atoms with Crippen LogP contribution in [0.3, 0.4) is 0 Å². The van der Waals surface area contributed by atoms with Crippen LogP contribution in [0.2, 0.25) is 0 Å². The molecule has 0 saturated heterocycles. The molecule has 0 fully saturated rings. The summed E-state index contributed by atoms with van der Waals surface area (Å²) in [4.78, 5) is 20.5. The first-order valence-corrected chi connectivity index (χ1v) is 12.4. The maximum Gasteiger partial charge on any atom is 0.256 e. The van der Waals surface area contributed by atoms with Crippen LogP contribution in [0.1, 0.15) is 36.3 Å². The van der Waals surface area contributed by atoms with Gasteiger partial charge in [0.2, 0.25) is 0 Å². The van der Waals surface area contributed by atoms with Crippen LogP contribution in [0.25, 0.3) is 16.3 Å². The molecule has 0 radical (unpaired) electrons. The summed E-state index contributed by atoms with van der Waals surface area (Å²) in [7, 11) is 0. The predicted molar refractivity (Wildman–Crippen MR) is 135 cm³/mol. The Hall–Kier alpha value is -2.70. The lowest BCUT2D eigenvalue weighted by Crippen LogP contribution is -2.33. The van der Waals surface area contributed by atoms with E-state index in [0.717, 1.165) is 32.2 Å². The fourth-order valence-corrected chi connectivity index (χ4v) is 5.01. The van der Waals surface area contributed by atoms with Gasteiger partial charge in [0.15, 0.2) is 0 Å². The van der Waals surface area contributed by atoms with E-state index in [1.165, 1.54) is 0 Å². The van der Waals surface area contributed by atoms with Gasteiger partial charge < -0.3 is 9.47 Å². The second kappa shape index (κ2) is 10.3. The van der Waals surface area contributed by atoms with Crippen molar-refractivity contribution in [3.8, 4) is 16.3 Å². The average Bonchev–Trinajstić information content (AvgIpc) is 3.47. The van der Waals surface area contributed by atoms with Crippen molar-refractivity contribution in [2.45, 2.75) is 26.8 Å². The van der Waals surface area contributed by atoms with Crippen LogP contribution in [-0.4, -0.2) is 26.9 Å². The Bertz CT molecular complexity index is 1170. The molecule has 2 heterocycles. The molecular formula is C26H26BrN3OS. The lowest BCUT2D eigenvalue weighted by atomic mass is 10.1. The number of benzene rings is 2. The van der Waals surface area contributed by atoms with E-state index in [-0.39, 0.29) is 5.91 Å². The quantitative estimate of drug-likeness (QED) is 0.256. The minimum atomic E-state index is 0.0242. The van der Waals surface area contributed by atoms with Crippen LogP contribution >= 0.6 is 27.3 Å². The number of amides is 1. The molecule has 0 aliphatic rings. The van der Waals surface area contributed by atoms with Gasteiger partial charge >= 0.3 is 0 Å². The first kappa shape index (κ1) is 22.5. The molecule has 1 amide bonds. The molecule has 0 N–H and O–H groups in total. The first-order valence-electron chi connectivity index (χ1n) is 10.7. The second-order valence-electron chi connectivity index (χ2n) is 8.12. The Morgan fingerprint density at radius 3 is 2.44 bits per heavy atom. The standard InChI is InChI=1S/C26H26BrN3OS/c1-19(2)14-17-30(18-22-24(27)32-25(28-22)20-10-4-3-5-11-20)26(31)21-12-6-7-13-23(21)29-15-8-9-16-29/h3-13,15-16,19H,14,17-18H2,1-2H3. The smallest absolute Gasteiger partial charge is 0.256 e. The fourth-order valence-electron chi connectivity index (χ4n) is 3.53. The minimum absolute atomic E-state index is 0.0242. The van der Waals surface area contributed by atoms with Gasteiger partial charge in [-0.25, -0.2) is 4.98 Å². The van der Waals surface area contributed by atoms with E-state index < -0.39 is 0 Å². The Morgan fingerprint density at radius 1 is 1.03 bits per heavy atom. The molecule has 4 rings (SSSR count). The minimum Gasteiger partial charge on any atom is -0.333 e. The Balaban J connectivity index is 1.64. The van der Waals surface area contributed by atoms with Gasteiger partial charge in [0.25, 0.3) is 5.91 Å². The number of para-hydroxylation sites is 1. The average molecular weight is 508 g/mol. The van der Waals surface area contributed by atoms with Crippen LogP contribution in [0.15, 0.2) is 82.9 Å². The molecule has 0 aliphatic carbocycles. The van der Waals surface area contributed by atoms with Crippen molar-refractivity contribution in [1.29, 1.82) is 0 Å². The first-order chi connectivity index (χ1) is 15.5. The number of rotatable bonds is 8. The summed E-state index contributed by atoms with van der Waals surface area (Å²) >= 11 is 5.29. The number of thiazole rings is 1. The second-order valence-corrected chi connectivity index (χ2v) is 10.4. The summed E-state index contributed by atoms with van der Waals surface area (Å²) in [5.41, 5.74) is 3.56. The Kier molecular flexibility index (Phi) is 7.22. The summed E-state index contributed by atoms with van der Waals surface area (Å²) in [6.45, 7) is 5.52. The van der Waals surface area contributed by atoms with Gasteiger partial charge in [-0.1, -0.05) is 56.3 Å². The lowest BCUT2D eigenvalue weighted by molar-refractivity contribution is 0.0733. The molecule has 2 aromatic heterocycles. The fraction of sp³-hybridized carbons (Fsp3) is 0.231. The summed E-state index contributed by atoms with van der Waals surface area (Å²) in [6.07, 6.45) is 4.87. The summed E-state index contributed by atoms with van der Waals surface area (Å²) < 4.78 is 2.96. The molecule has 32 heavy (non-hydrogen) atoms. The SMILES string of the molecule is CC(C)CCN(Cc1nc(-c2ccccc2)sc1Br)C(=O)c1ccccc1-n1cccc1. The highest BCUT2D eigenvalue weighted by Gasteiger charge is 2.22. The molecule has 4 nitrogen and oxygen atoms in total. The van der Waals surface area contributed by atoms with Crippen LogP contribution < -0.4 is 0 Å². The lowest BCUT2D eigenvalue weighted by Gasteiger charge is -2.24. The van der Waals surface area contributed by atoms with Gasteiger partial charge in [-0.3, -0.25) is 4.79 Å². The van der Waals surface area contributed by atoms with Crippen molar-refractivity contribution in [3.05, 3.63) is 94.2 Å². The number of nitrogens with zero attached hydrogens (tertiary/aromatic N) is 3. The number of halogens is 1. The number of carbonyl (C=O) groups excluding carboxylic acids is 1. The molecule has 0 saturated carbocycles. The molecule has 0 unspecified atom stereocenters. The molecule has 4 aromatic rings. The van der Waals surface area contributed by atoms with Crippen molar-refractivity contribution in [2.24, 2.45) is 5.92 Å². The third kappa shape index (κ3) is 5.19. The molecule has 0 atom stereocenters. The van der Waals surface area contributed by atoms with Gasteiger partial charge in [0, 0.05) is 24.5 Å². The molecule has 0 bridgehead atoms. The number of hydrogen-bond donors (Lipinski definition) is 0. The van der Waals surface area contributed by atoms with Gasteiger partial charge in [0.1, 0.15) is 5.01 Å². The number of aromatic nitrogens is 2. The maximum atomic E-state index is 13.7. The zero-order chi connectivity index (χ0) is 22.5. The topological polar surface area (TPSA) is 38.1 Å². The van der Waals surface area contributed by atoms with Crippen LogP contribution in [-0.2, 0) is 6.54 Å². The van der Waals surface area contributed by atoms with Gasteiger partial charge in [-0.15, -0.1) is 11.3 Å². The third-order valence-corrected chi connectivity index (χ3v) is 7.17. The number of hydrogen-bond acceptors (Lipinski definition) is 3. The summed E-state index contributed by atoms with van der Waals surface area (Å²) in [5.74, 6) is 0.528. The molecular weight excluding hydrogens is 482 g/mol. The van der Waals surface area contributed by atoms with Crippen molar-refractivity contribution in [2.75, 3.05) is 6.54 Å². The van der Waals surface area contributed by atoms with E-state index in [1.54, 1.807) is 11.3 Å². The highest BCUT2D eigenvalue weighted by Crippen LogP contribution is 2.33. The van der Waals surface area contributed by atoms with Crippen LogP contribution in [0.5, 0.6) is 0 Å². The largest absolute Gasteiger partial charge is 0.333 e. The Morgan fingerprint density at radius 2 is 1.72 bits per heavy atom. The zero-order valence-corrected chi connectivity index (χ0v) is 20.6. The van der Waals surface area contributed by atoms with E-state index in [4.69, 9.17) is 4.98 Å². The molecule has 0 spiro atoms. The molecule has 0 aliphatic heterocycles. The van der Waals surface area contributed by atoms with E-state index in [9.17, 15) is 4.79 Å². The normalized spacial score (nSPS) is 11.1. The molecule has 2 aromatic carbocycles. The van der Waals surface area contributed by atoms with Crippen molar-refractivity contribution < 1.29 is 4.79 Å². The van der Waals surface area contributed by atoms with Gasteiger partial charge in [0.05, 0.1) is 27.3 Å². The van der Waals surface area contributed by atoms with Crippen LogP contribution in [0, 0.1) is 5.92 Å². The highest BCUT2D eigenvalue weighted by molar-refractivity contribution is 9.11. The van der Waals surface area contributed by atoms with Gasteiger partial charge in [-0.05, 0) is 52.5 Å².